The minimum atomic E-state index is -2.88. The van der Waals surface area contributed by atoms with E-state index in [9.17, 15) is 18.4 Å². The van der Waals surface area contributed by atoms with Gasteiger partial charge in [0.05, 0.1) is 0 Å². The van der Waals surface area contributed by atoms with Gasteiger partial charge < -0.3 is 4.74 Å². The third-order valence-electron chi connectivity index (χ3n) is 6.13. The first-order valence-electron chi connectivity index (χ1n) is 9.09. The molecule has 0 N–H and O–H groups in total. The SMILES string of the molecule is O=C(C#Cc1ccc(OC(F)F)cc1)C(=O)C12CC3CC(CC(C3)C1)C2. The summed E-state index contributed by atoms with van der Waals surface area (Å²) in [6.45, 7) is -2.88. The number of hydrogen-bond donors (Lipinski definition) is 0. The molecule has 4 fully saturated rings. The Hall–Kier alpha value is -2.22. The Morgan fingerprint density at radius 1 is 1.00 bits per heavy atom. The van der Waals surface area contributed by atoms with Crippen molar-refractivity contribution in [3.63, 3.8) is 0 Å². The summed E-state index contributed by atoms with van der Waals surface area (Å²) in [6, 6.07) is 5.71. The van der Waals surface area contributed by atoms with Crippen molar-refractivity contribution in [1.82, 2.24) is 0 Å². The summed E-state index contributed by atoms with van der Waals surface area (Å²) in [5.41, 5.74) is 0.00781. The molecule has 4 aliphatic carbocycles. The number of carbonyl (C=O) groups is 2. The van der Waals surface area contributed by atoms with Gasteiger partial charge in [-0.2, -0.15) is 8.78 Å². The molecule has 4 aliphatic rings. The maximum absolute atomic E-state index is 12.8. The predicted octanol–water partition coefficient (Wildman–Crippen LogP) is 3.99. The van der Waals surface area contributed by atoms with Crippen molar-refractivity contribution in [2.24, 2.45) is 23.2 Å². The van der Waals surface area contributed by atoms with E-state index in [0.717, 1.165) is 19.3 Å². The molecule has 3 nitrogen and oxygen atoms in total. The van der Waals surface area contributed by atoms with E-state index < -0.39 is 17.8 Å². The normalized spacial score (nSPS) is 31.4. The summed E-state index contributed by atoms with van der Waals surface area (Å²) in [6.07, 6.45) is 6.14. The Morgan fingerprint density at radius 3 is 2.04 bits per heavy atom. The molecule has 0 heterocycles. The smallest absolute Gasteiger partial charge is 0.387 e. The number of ether oxygens (including phenoxy) is 1. The van der Waals surface area contributed by atoms with Gasteiger partial charge in [0, 0.05) is 11.0 Å². The number of rotatable bonds is 4. The number of ketones is 2. The molecule has 4 saturated carbocycles. The predicted molar refractivity (Wildman–Crippen MR) is 90.6 cm³/mol. The summed E-state index contributed by atoms with van der Waals surface area (Å²) in [7, 11) is 0. The molecule has 0 spiro atoms. The zero-order valence-corrected chi connectivity index (χ0v) is 14.3. The molecule has 0 unspecified atom stereocenters. The highest BCUT2D eigenvalue weighted by Crippen LogP contribution is 2.60. The van der Waals surface area contributed by atoms with Gasteiger partial charge in [-0.15, -0.1) is 0 Å². The number of halogens is 2. The third kappa shape index (κ3) is 3.25. The van der Waals surface area contributed by atoms with E-state index in [2.05, 4.69) is 16.6 Å². The van der Waals surface area contributed by atoms with Crippen molar-refractivity contribution < 1.29 is 23.1 Å². The minimum Gasteiger partial charge on any atom is -0.435 e. The first-order valence-corrected chi connectivity index (χ1v) is 9.09. The summed E-state index contributed by atoms with van der Waals surface area (Å²) in [5.74, 6) is 5.99. The maximum atomic E-state index is 12.8. The summed E-state index contributed by atoms with van der Waals surface area (Å²) in [5, 5.41) is 0. The quantitative estimate of drug-likeness (QED) is 0.604. The van der Waals surface area contributed by atoms with Crippen molar-refractivity contribution in [3.05, 3.63) is 29.8 Å². The minimum absolute atomic E-state index is 0.0292. The van der Waals surface area contributed by atoms with Gasteiger partial charge in [-0.3, -0.25) is 9.59 Å². The van der Waals surface area contributed by atoms with E-state index in [-0.39, 0.29) is 11.5 Å². The lowest BCUT2D eigenvalue weighted by atomic mass is 9.48. The first-order chi connectivity index (χ1) is 12.4. The van der Waals surface area contributed by atoms with E-state index in [4.69, 9.17) is 0 Å². The van der Waals surface area contributed by atoms with Crippen LogP contribution in [-0.4, -0.2) is 18.2 Å². The van der Waals surface area contributed by atoms with E-state index in [0.29, 0.717) is 23.3 Å². The molecular formula is C21H20F2O3. The first kappa shape index (κ1) is 17.2. The van der Waals surface area contributed by atoms with Gasteiger partial charge in [0.15, 0.2) is 0 Å². The molecule has 0 radical (unpaired) electrons. The van der Waals surface area contributed by atoms with Crippen molar-refractivity contribution >= 4 is 11.6 Å². The number of hydrogen-bond acceptors (Lipinski definition) is 3. The highest BCUT2D eigenvalue weighted by atomic mass is 19.3. The lowest BCUT2D eigenvalue weighted by molar-refractivity contribution is -0.150. The highest BCUT2D eigenvalue weighted by Gasteiger charge is 2.55. The number of benzene rings is 1. The van der Waals surface area contributed by atoms with Gasteiger partial charge in [-0.25, -0.2) is 0 Å². The molecule has 1 aromatic rings. The highest BCUT2D eigenvalue weighted by molar-refractivity contribution is 6.45. The Balaban J connectivity index is 1.45. The fraction of sp³-hybridized carbons (Fsp3) is 0.524. The van der Waals surface area contributed by atoms with Crippen LogP contribution in [0.4, 0.5) is 8.78 Å². The molecule has 26 heavy (non-hydrogen) atoms. The molecule has 5 heteroatoms. The van der Waals surface area contributed by atoms with Crippen molar-refractivity contribution in [3.8, 4) is 17.6 Å². The molecule has 0 amide bonds. The van der Waals surface area contributed by atoms with Gasteiger partial charge in [0.25, 0.3) is 5.78 Å². The maximum Gasteiger partial charge on any atom is 0.387 e. The third-order valence-corrected chi connectivity index (χ3v) is 6.13. The van der Waals surface area contributed by atoms with Crippen LogP contribution in [0.2, 0.25) is 0 Å². The van der Waals surface area contributed by atoms with Crippen LogP contribution in [0.25, 0.3) is 0 Å². The Bertz CT molecular complexity index is 750. The molecule has 0 saturated heterocycles. The number of carbonyl (C=O) groups excluding carboxylic acids is 2. The summed E-state index contributed by atoms with van der Waals surface area (Å²) < 4.78 is 28.5. The average Bonchev–Trinajstić information content (AvgIpc) is 2.58. The van der Waals surface area contributed by atoms with Crippen molar-refractivity contribution in [2.45, 2.75) is 45.1 Å². The molecule has 5 rings (SSSR count). The lowest BCUT2D eigenvalue weighted by Crippen LogP contribution is -2.51. The second kappa shape index (κ2) is 6.50. The van der Waals surface area contributed by atoms with E-state index in [1.807, 2.05) is 0 Å². The van der Waals surface area contributed by atoms with Crippen LogP contribution in [0.1, 0.15) is 44.1 Å². The largest absolute Gasteiger partial charge is 0.435 e. The number of Topliss-reactive ketones (excluding diaryl/α,β-unsaturated/α-hetero) is 2. The van der Waals surface area contributed by atoms with Crippen molar-refractivity contribution in [2.75, 3.05) is 0 Å². The zero-order valence-electron chi connectivity index (χ0n) is 14.3. The van der Waals surface area contributed by atoms with Crippen LogP contribution in [0.5, 0.6) is 5.75 Å². The van der Waals surface area contributed by atoms with Crippen molar-refractivity contribution in [1.29, 1.82) is 0 Å². The second-order valence-corrected chi connectivity index (χ2v) is 8.01. The Kier molecular flexibility index (Phi) is 4.30. The molecule has 4 bridgehead atoms. The van der Waals surface area contributed by atoms with Crippen LogP contribution < -0.4 is 4.74 Å². The second-order valence-electron chi connectivity index (χ2n) is 8.01. The van der Waals surface area contributed by atoms with Gasteiger partial charge in [0.2, 0.25) is 5.78 Å². The van der Waals surface area contributed by atoms with Crippen LogP contribution in [0.3, 0.4) is 0 Å². The Morgan fingerprint density at radius 2 is 1.54 bits per heavy atom. The monoisotopic (exact) mass is 358 g/mol. The van der Waals surface area contributed by atoms with Crippen LogP contribution in [-0.2, 0) is 9.59 Å². The topological polar surface area (TPSA) is 43.4 Å². The Labute approximate surface area is 151 Å². The molecule has 1 aromatic carbocycles. The van der Waals surface area contributed by atoms with E-state index in [1.54, 1.807) is 0 Å². The molecule has 136 valence electrons. The van der Waals surface area contributed by atoms with Gasteiger partial charge in [0.1, 0.15) is 5.75 Å². The average molecular weight is 358 g/mol. The molecular weight excluding hydrogens is 338 g/mol. The summed E-state index contributed by atoms with van der Waals surface area (Å²) >= 11 is 0. The lowest BCUT2D eigenvalue weighted by Gasteiger charge is -2.55. The van der Waals surface area contributed by atoms with E-state index >= 15 is 0 Å². The summed E-state index contributed by atoms with van der Waals surface area (Å²) in [4.78, 5) is 25.2. The fourth-order valence-electron chi connectivity index (χ4n) is 5.53. The van der Waals surface area contributed by atoms with Crippen LogP contribution in [0.15, 0.2) is 24.3 Å². The molecule has 0 aliphatic heterocycles. The molecule has 0 atom stereocenters. The van der Waals surface area contributed by atoms with Crippen LogP contribution in [0, 0.1) is 35.0 Å². The standard InChI is InChI=1S/C21H20F2O3/c22-20(23)26-17-4-1-13(2-5-17)3-6-18(24)19(25)21-10-14-7-15(11-21)9-16(8-14)12-21/h1-2,4-5,14-16,20H,7-12H2. The van der Waals surface area contributed by atoms with Crippen LogP contribution >= 0.6 is 0 Å². The number of alkyl halides is 2. The zero-order chi connectivity index (χ0) is 18.3. The van der Waals surface area contributed by atoms with Gasteiger partial charge in [-0.1, -0.05) is 5.92 Å². The molecule has 0 aromatic heterocycles. The fourth-order valence-corrected chi connectivity index (χ4v) is 5.53. The van der Waals surface area contributed by atoms with Gasteiger partial charge >= 0.3 is 6.61 Å². The van der Waals surface area contributed by atoms with Gasteiger partial charge in [-0.05, 0) is 86.5 Å². The van der Waals surface area contributed by atoms with E-state index in [1.165, 1.54) is 43.5 Å².